The number of anilines is 1. The number of hydrogen-bond donors (Lipinski definition) is 1. The third kappa shape index (κ3) is 4.50. The molecule has 1 saturated carbocycles. The van der Waals surface area contributed by atoms with Crippen molar-refractivity contribution in [3.63, 3.8) is 0 Å². The Kier molecular flexibility index (Phi) is 6.11. The summed E-state index contributed by atoms with van der Waals surface area (Å²) in [5, 5.41) is 13.4. The molecule has 8 heteroatoms. The first-order valence-corrected chi connectivity index (χ1v) is 12.4. The first-order valence-electron chi connectivity index (χ1n) is 11.1. The lowest BCUT2D eigenvalue weighted by Crippen LogP contribution is -2.33. The van der Waals surface area contributed by atoms with E-state index in [1.165, 1.54) is 17.3 Å². The second kappa shape index (κ2) is 9.16. The van der Waals surface area contributed by atoms with Crippen LogP contribution < -0.4 is 10.2 Å². The molecule has 6 nitrogen and oxygen atoms in total. The second-order valence-corrected chi connectivity index (χ2v) is 9.88. The van der Waals surface area contributed by atoms with E-state index in [0.29, 0.717) is 22.5 Å². The first-order chi connectivity index (χ1) is 15.6. The molecule has 1 saturated heterocycles. The van der Waals surface area contributed by atoms with Crippen molar-refractivity contribution in [1.29, 1.82) is 0 Å². The number of carbonyl (C=O) groups is 1. The molecule has 2 aromatic carbocycles. The zero-order valence-electron chi connectivity index (χ0n) is 17.8. The van der Waals surface area contributed by atoms with E-state index in [1.54, 1.807) is 0 Å². The minimum Gasteiger partial charge on any atom is -0.354 e. The Morgan fingerprint density at radius 1 is 1.06 bits per heavy atom. The number of nitrogens with zero attached hydrogens (tertiary/aromatic N) is 4. The van der Waals surface area contributed by atoms with Crippen molar-refractivity contribution in [2.75, 3.05) is 30.3 Å². The molecule has 1 N–H and O–H groups in total. The number of nitrogens with one attached hydrogen (secondary N) is 1. The van der Waals surface area contributed by atoms with Gasteiger partial charge >= 0.3 is 0 Å². The van der Waals surface area contributed by atoms with Gasteiger partial charge in [-0.15, -0.1) is 10.2 Å². The van der Waals surface area contributed by atoms with Crippen LogP contribution in [0.1, 0.15) is 31.2 Å². The molecule has 2 fully saturated rings. The summed E-state index contributed by atoms with van der Waals surface area (Å²) in [5.74, 6) is 1.12. The smallest absolute Gasteiger partial charge is 0.232 e. The van der Waals surface area contributed by atoms with Crippen LogP contribution in [0.5, 0.6) is 0 Å². The highest BCUT2D eigenvalue weighted by Gasteiger charge is 2.44. The third-order valence-electron chi connectivity index (χ3n) is 6.27. The fourth-order valence-corrected chi connectivity index (χ4v) is 5.24. The largest absolute Gasteiger partial charge is 0.354 e. The molecule has 1 amide bonds. The molecule has 2 aliphatic rings. The van der Waals surface area contributed by atoms with Crippen molar-refractivity contribution in [3.05, 3.63) is 65.2 Å². The summed E-state index contributed by atoms with van der Waals surface area (Å²) in [6, 6.07) is 18.1. The van der Waals surface area contributed by atoms with E-state index >= 15 is 0 Å². The number of hydrogen-bond acceptors (Lipinski definition) is 5. The molecular formula is C24H26ClN5OS. The second-order valence-electron chi connectivity index (χ2n) is 8.50. The predicted molar refractivity (Wildman–Crippen MR) is 129 cm³/mol. The molecule has 32 heavy (non-hydrogen) atoms. The lowest BCUT2D eigenvalue weighted by atomic mass is 9.96. The van der Waals surface area contributed by atoms with Crippen LogP contribution in [0.25, 0.3) is 5.69 Å². The summed E-state index contributed by atoms with van der Waals surface area (Å²) in [7, 11) is 0. The van der Waals surface area contributed by atoms with Crippen LogP contribution >= 0.6 is 23.4 Å². The fourth-order valence-electron chi connectivity index (χ4n) is 4.28. The van der Waals surface area contributed by atoms with Gasteiger partial charge in [-0.2, -0.15) is 0 Å². The molecule has 0 radical (unpaired) electrons. The maximum atomic E-state index is 12.7. The minimum absolute atomic E-state index is 0.0144. The van der Waals surface area contributed by atoms with E-state index in [4.69, 9.17) is 11.6 Å². The fraction of sp³-hybridized carbons (Fsp3) is 0.375. The third-order valence-corrected chi connectivity index (χ3v) is 7.43. The Bertz CT molecular complexity index is 1090. The van der Waals surface area contributed by atoms with Crippen LogP contribution in [-0.2, 0) is 10.2 Å². The zero-order chi connectivity index (χ0) is 22.0. The molecule has 5 rings (SSSR count). The van der Waals surface area contributed by atoms with Gasteiger partial charge in [0, 0.05) is 30.1 Å². The van der Waals surface area contributed by atoms with Crippen molar-refractivity contribution < 1.29 is 4.79 Å². The number of halogens is 1. The van der Waals surface area contributed by atoms with E-state index in [0.717, 1.165) is 50.4 Å². The summed E-state index contributed by atoms with van der Waals surface area (Å²) in [5.41, 5.74) is 2.32. The van der Waals surface area contributed by atoms with Crippen LogP contribution in [0.3, 0.4) is 0 Å². The van der Waals surface area contributed by atoms with Gasteiger partial charge in [0.15, 0.2) is 5.16 Å². The Hall–Kier alpha value is -2.51. The normalized spacial score (nSPS) is 16.8. The lowest BCUT2D eigenvalue weighted by Gasteiger charge is -2.18. The van der Waals surface area contributed by atoms with Gasteiger partial charge in [-0.3, -0.25) is 9.36 Å². The topological polar surface area (TPSA) is 63.1 Å². The highest BCUT2D eigenvalue weighted by molar-refractivity contribution is 7.99. The summed E-state index contributed by atoms with van der Waals surface area (Å²) in [6.45, 7) is 2.60. The molecule has 0 unspecified atom stereocenters. The van der Waals surface area contributed by atoms with Crippen molar-refractivity contribution >= 4 is 35.2 Å². The summed E-state index contributed by atoms with van der Waals surface area (Å²) < 4.78 is 2.02. The number of benzene rings is 2. The molecule has 2 heterocycles. The van der Waals surface area contributed by atoms with E-state index in [1.807, 2.05) is 34.9 Å². The number of carbonyl (C=O) groups excluding carboxylic acids is 1. The molecule has 166 valence electrons. The van der Waals surface area contributed by atoms with Crippen LogP contribution in [0.2, 0.25) is 5.02 Å². The van der Waals surface area contributed by atoms with Gasteiger partial charge in [0.1, 0.15) is 0 Å². The van der Waals surface area contributed by atoms with Crippen LogP contribution in [0.4, 0.5) is 5.95 Å². The number of aromatic nitrogens is 3. The molecule has 0 atom stereocenters. The Labute approximate surface area is 197 Å². The molecule has 0 bridgehead atoms. The quantitative estimate of drug-likeness (QED) is 0.495. The van der Waals surface area contributed by atoms with E-state index in [2.05, 4.69) is 44.7 Å². The Balaban J connectivity index is 1.27. The van der Waals surface area contributed by atoms with Gasteiger partial charge in [-0.05, 0) is 49.4 Å². The molecule has 1 aromatic heterocycles. The molecular weight excluding hydrogens is 442 g/mol. The van der Waals surface area contributed by atoms with Crippen molar-refractivity contribution in [2.45, 2.75) is 36.3 Å². The molecule has 1 aliphatic carbocycles. The first kappa shape index (κ1) is 21.3. The van der Waals surface area contributed by atoms with E-state index in [-0.39, 0.29) is 11.3 Å². The number of amides is 1. The van der Waals surface area contributed by atoms with Crippen molar-refractivity contribution in [1.82, 2.24) is 20.1 Å². The predicted octanol–water partition coefficient (Wildman–Crippen LogP) is 4.46. The van der Waals surface area contributed by atoms with Crippen molar-refractivity contribution in [2.24, 2.45) is 0 Å². The zero-order valence-corrected chi connectivity index (χ0v) is 19.4. The van der Waals surface area contributed by atoms with Crippen LogP contribution in [0.15, 0.2) is 59.8 Å². The molecule has 3 aromatic rings. The molecule has 0 spiro atoms. The van der Waals surface area contributed by atoms with Crippen LogP contribution in [-0.4, -0.2) is 46.1 Å². The monoisotopic (exact) mass is 467 g/mol. The number of thioether (sulfide) groups is 1. The maximum Gasteiger partial charge on any atom is 0.232 e. The van der Waals surface area contributed by atoms with E-state index < -0.39 is 0 Å². The van der Waals surface area contributed by atoms with Gasteiger partial charge in [-0.1, -0.05) is 59.8 Å². The average Bonchev–Trinajstić information content (AvgIpc) is 3.20. The van der Waals surface area contributed by atoms with Gasteiger partial charge in [0.2, 0.25) is 11.9 Å². The SMILES string of the molecule is O=C(CSc1nnc(N2CCCC2)n1-c1cccc(Cl)c1)NCC1(c2ccccc2)CC1. The van der Waals surface area contributed by atoms with Gasteiger partial charge < -0.3 is 10.2 Å². The average molecular weight is 468 g/mol. The van der Waals surface area contributed by atoms with E-state index in [9.17, 15) is 4.79 Å². The Morgan fingerprint density at radius 3 is 2.56 bits per heavy atom. The van der Waals surface area contributed by atoms with Crippen molar-refractivity contribution in [3.8, 4) is 5.69 Å². The highest BCUT2D eigenvalue weighted by Crippen LogP contribution is 2.47. The van der Waals surface area contributed by atoms with Gasteiger partial charge in [-0.25, -0.2) is 0 Å². The highest BCUT2D eigenvalue weighted by atomic mass is 35.5. The summed E-state index contributed by atoms with van der Waals surface area (Å²) >= 11 is 7.67. The molecule has 1 aliphatic heterocycles. The summed E-state index contributed by atoms with van der Waals surface area (Å²) in [4.78, 5) is 14.9. The minimum atomic E-state index is 0.0144. The Morgan fingerprint density at radius 2 is 1.84 bits per heavy atom. The maximum absolute atomic E-state index is 12.7. The number of rotatable bonds is 8. The van der Waals surface area contributed by atoms with Crippen LogP contribution in [0, 0.1) is 0 Å². The van der Waals surface area contributed by atoms with Gasteiger partial charge in [0.25, 0.3) is 0 Å². The lowest BCUT2D eigenvalue weighted by molar-refractivity contribution is -0.118. The standard InChI is InChI=1S/C24H26ClN5OS/c25-19-9-6-10-20(15-19)30-22(29-13-4-5-14-29)27-28-23(30)32-16-21(31)26-17-24(11-12-24)18-7-2-1-3-8-18/h1-3,6-10,15H,4-5,11-14,16-17H2,(H,26,31). The van der Waals surface area contributed by atoms with Gasteiger partial charge in [0.05, 0.1) is 11.4 Å². The summed E-state index contributed by atoms with van der Waals surface area (Å²) in [6.07, 6.45) is 4.53.